The van der Waals surface area contributed by atoms with Crippen molar-refractivity contribution in [3.8, 4) is 17.0 Å². The summed E-state index contributed by atoms with van der Waals surface area (Å²) in [5.74, 6) is 1.51. The maximum absolute atomic E-state index is 9.64. The lowest BCUT2D eigenvalue weighted by molar-refractivity contribution is 0.126. The smallest absolute Gasteiger partial charge is 0.154 e. The second-order valence-electron chi connectivity index (χ2n) is 6.40. The Bertz CT molecular complexity index is 871. The van der Waals surface area contributed by atoms with Gasteiger partial charge in [0.2, 0.25) is 0 Å². The first kappa shape index (κ1) is 15.8. The second-order valence-corrected chi connectivity index (χ2v) is 6.40. The molecule has 0 unspecified atom stereocenters. The Morgan fingerprint density at radius 2 is 2.00 bits per heavy atom. The highest BCUT2D eigenvalue weighted by Gasteiger charge is 2.19. The van der Waals surface area contributed by atoms with E-state index in [4.69, 9.17) is 9.84 Å². The van der Waals surface area contributed by atoms with E-state index in [2.05, 4.69) is 15.3 Å². The standard InChI is InChI=1S/C18H21N5O2/c1-25-15-8-12(9-19-10-15)16-11-20-18-7-6-17(22-23(16)18)21-13-2-4-14(24)5-3-13/h6-11,13-14,24H,2-5H2,1H3,(H,21,22)/t13-,14-. The van der Waals surface area contributed by atoms with Crippen molar-refractivity contribution in [2.45, 2.75) is 37.8 Å². The van der Waals surface area contributed by atoms with Crippen LogP contribution in [0.4, 0.5) is 5.82 Å². The van der Waals surface area contributed by atoms with Gasteiger partial charge in [-0.15, -0.1) is 5.10 Å². The number of aliphatic hydroxyl groups is 1. The van der Waals surface area contributed by atoms with Crippen LogP contribution in [0.2, 0.25) is 0 Å². The second kappa shape index (κ2) is 6.68. The minimum absolute atomic E-state index is 0.158. The van der Waals surface area contributed by atoms with Crippen LogP contribution < -0.4 is 10.1 Å². The van der Waals surface area contributed by atoms with E-state index in [1.165, 1.54) is 0 Å². The van der Waals surface area contributed by atoms with Gasteiger partial charge in [-0.3, -0.25) is 4.98 Å². The van der Waals surface area contributed by atoms with Crippen LogP contribution in [0.5, 0.6) is 5.75 Å². The highest BCUT2D eigenvalue weighted by Crippen LogP contribution is 2.25. The third-order valence-corrected chi connectivity index (χ3v) is 4.66. The van der Waals surface area contributed by atoms with Gasteiger partial charge < -0.3 is 15.2 Å². The van der Waals surface area contributed by atoms with Gasteiger partial charge in [0.05, 0.1) is 31.3 Å². The Balaban J connectivity index is 1.63. The largest absolute Gasteiger partial charge is 0.495 e. The molecule has 7 nitrogen and oxygen atoms in total. The molecule has 0 aromatic carbocycles. The number of imidazole rings is 1. The van der Waals surface area contributed by atoms with Gasteiger partial charge in [-0.2, -0.15) is 0 Å². The number of ether oxygens (including phenoxy) is 1. The molecule has 130 valence electrons. The van der Waals surface area contributed by atoms with Gasteiger partial charge in [0.15, 0.2) is 5.65 Å². The molecule has 0 bridgehead atoms. The van der Waals surface area contributed by atoms with E-state index in [-0.39, 0.29) is 6.10 Å². The fraction of sp³-hybridized carbons (Fsp3) is 0.389. The third kappa shape index (κ3) is 3.28. The molecule has 0 amide bonds. The topological polar surface area (TPSA) is 84.6 Å². The Morgan fingerprint density at radius 3 is 2.80 bits per heavy atom. The predicted molar refractivity (Wildman–Crippen MR) is 94.7 cm³/mol. The molecule has 7 heteroatoms. The van der Waals surface area contributed by atoms with Crippen molar-refractivity contribution in [1.29, 1.82) is 0 Å². The van der Waals surface area contributed by atoms with Crippen molar-refractivity contribution in [3.63, 3.8) is 0 Å². The van der Waals surface area contributed by atoms with Crippen molar-refractivity contribution in [3.05, 3.63) is 36.8 Å². The first-order valence-corrected chi connectivity index (χ1v) is 8.52. The number of pyridine rings is 1. The van der Waals surface area contributed by atoms with Crippen LogP contribution in [0.1, 0.15) is 25.7 Å². The molecular weight excluding hydrogens is 318 g/mol. The molecule has 0 atom stereocenters. The number of nitrogens with zero attached hydrogens (tertiary/aromatic N) is 4. The molecule has 1 saturated carbocycles. The molecule has 1 aliphatic carbocycles. The quantitative estimate of drug-likeness (QED) is 0.760. The highest BCUT2D eigenvalue weighted by molar-refractivity contribution is 5.64. The number of hydrogen-bond acceptors (Lipinski definition) is 6. The molecule has 0 spiro atoms. The van der Waals surface area contributed by atoms with Crippen molar-refractivity contribution >= 4 is 11.5 Å². The number of aromatic nitrogens is 4. The van der Waals surface area contributed by atoms with Crippen LogP contribution in [0, 0.1) is 0 Å². The molecular formula is C18H21N5O2. The molecule has 0 saturated heterocycles. The van der Waals surface area contributed by atoms with Gasteiger partial charge in [0.1, 0.15) is 11.6 Å². The number of aliphatic hydroxyl groups excluding tert-OH is 1. The first-order valence-electron chi connectivity index (χ1n) is 8.52. The summed E-state index contributed by atoms with van der Waals surface area (Å²) in [5.41, 5.74) is 2.55. The monoisotopic (exact) mass is 339 g/mol. The first-order chi connectivity index (χ1) is 12.2. The van der Waals surface area contributed by atoms with E-state index in [0.29, 0.717) is 11.8 Å². The van der Waals surface area contributed by atoms with Crippen LogP contribution in [-0.4, -0.2) is 43.9 Å². The van der Waals surface area contributed by atoms with Crippen LogP contribution in [0.15, 0.2) is 36.8 Å². The summed E-state index contributed by atoms with van der Waals surface area (Å²) in [5, 5.41) is 17.8. The van der Waals surface area contributed by atoms with Gasteiger partial charge in [0, 0.05) is 17.8 Å². The average molecular weight is 339 g/mol. The van der Waals surface area contributed by atoms with Gasteiger partial charge in [0.25, 0.3) is 0 Å². The molecule has 1 aliphatic rings. The fourth-order valence-corrected chi connectivity index (χ4v) is 3.25. The van der Waals surface area contributed by atoms with E-state index in [9.17, 15) is 5.11 Å². The minimum atomic E-state index is -0.158. The Hall–Kier alpha value is -2.67. The zero-order chi connectivity index (χ0) is 17.2. The summed E-state index contributed by atoms with van der Waals surface area (Å²) in [7, 11) is 1.62. The Morgan fingerprint density at radius 1 is 1.16 bits per heavy atom. The molecule has 1 fully saturated rings. The number of anilines is 1. The number of nitrogens with one attached hydrogen (secondary N) is 1. The van der Waals surface area contributed by atoms with Gasteiger partial charge in [-0.25, -0.2) is 9.50 Å². The lowest BCUT2D eigenvalue weighted by atomic mass is 9.93. The SMILES string of the molecule is COc1cncc(-c2cnc3ccc(N[C@H]4CC[C@H](O)CC4)nn23)c1. The van der Waals surface area contributed by atoms with Crippen molar-refractivity contribution < 1.29 is 9.84 Å². The van der Waals surface area contributed by atoms with E-state index in [1.54, 1.807) is 25.7 Å². The van der Waals surface area contributed by atoms with E-state index < -0.39 is 0 Å². The number of methoxy groups -OCH3 is 1. The average Bonchev–Trinajstić information content (AvgIpc) is 3.07. The summed E-state index contributed by atoms with van der Waals surface area (Å²) in [6, 6.07) is 6.16. The molecule has 3 aromatic rings. The fourth-order valence-electron chi connectivity index (χ4n) is 3.25. The van der Waals surface area contributed by atoms with E-state index in [1.807, 2.05) is 22.7 Å². The highest BCUT2D eigenvalue weighted by atomic mass is 16.5. The summed E-state index contributed by atoms with van der Waals surface area (Å²) in [4.78, 5) is 8.63. The maximum atomic E-state index is 9.64. The Labute approximate surface area is 145 Å². The lowest BCUT2D eigenvalue weighted by Gasteiger charge is -2.26. The van der Waals surface area contributed by atoms with Gasteiger partial charge >= 0.3 is 0 Å². The number of hydrogen-bond donors (Lipinski definition) is 2. The van der Waals surface area contributed by atoms with Crippen LogP contribution in [0.3, 0.4) is 0 Å². The van der Waals surface area contributed by atoms with Gasteiger partial charge in [-0.05, 0) is 43.9 Å². The van der Waals surface area contributed by atoms with E-state index in [0.717, 1.165) is 48.4 Å². The predicted octanol–water partition coefficient (Wildman–Crippen LogP) is 2.52. The van der Waals surface area contributed by atoms with Crippen LogP contribution in [0.25, 0.3) is 16.9 Å². The van der Waals surface area contributed by atoms with Crippen molar-refractivity contribution in [2.24, 2.45) is 0 Å². The van der Waals surface area contributed by atoms with Crippen molar-refractivity contribution in [1.82, 2.24) is 19.6 Å². The maximum Gasteiger partial charge on any atom is 0.154 e. The third-order valence-electron chi connectivity index (χ3n) is 4.66. The zero-order valence-electron chi connectivity index (χ0n) is 14.1. The minimum Gasteiger partial charge on any atom is -0.495 e. The molecule has 2 N–H and O–H groups in total. The summed E-state index contributed by atoms with van der Waals surface area (Å²) >= 11 is 0. The number of rotatable bonds is 4. The summed E-state index contributed by atoms with van der Waals surface area (Å²) < 4.78 is 7.07. The lowest BCUT2D eigenvalue weighted by Crippen LogP contribution is -2.28. The van der Waals surface area contributed by atoms with E-state index >= 15 is 0 Å². The van der Waals surface area contributed by atoms with Gasteiger partial charge in [-0.1, -0.05) is 0 Å². The van der Waals surface area contributed by atoms with Crippen LogP contribution in [-0.2, 0) is 0 Å². The molecule has 0 aliphatic heterocycles. The van der Waals surface area contributed by atoms with Crippen molar-refractivity contribution in [2.75, 3.05) is 12.4 Å². The molecule has 3 heterocycles. The Kier molecular flexibility index (Phi) is 4.23. The summed E-state index contributed by atoms with van der Waals surface area (Å²) in [6.07, 6.45) is 8.67. The number of fused-ring (bicyclic) bond motifs is 1. The molecule has 0 radical (unpaired) electrons. The van der Waals surface area contributed by atoms with Crippen LogP contribution >= 0.6 is 0 Å². The zero-order valence-corrected chi connectivity index (χ0v) is 14.1. The summed E-state index contributed by atoms with van der Waals surface area (Å²) in [6.45, 7) is 0. The normalized spacial score (nSPS) is 20.6. The molecule has 25 heavy (non-hydrogen) atoms. The molecule has 3 aromatic heterocycles. The molecule has 4 rings (SSSR count).